The second-order valence-electron chi connectivity index (χ2n) is 6.08. The summed E-state index contributed by atoms with van der Waals surface area (Å²) in [5.41, 5.74) is 2.23. The second kappa shape index (κ2) is 7.21. The van der Waals surface area contributed by atoms with Gasteiger partial charge in [0.1, 0.15) is 17.7 Å². The number of carbonyl (C=O) groups is 2. The minimum Gasteiger partial charge on any atom is -0.456 e. The first-order valence-electron chi connectivity index (χ1n) is 7.91. The smallest absolute Gasteiger partial charge is 0.352 e. The number of rotatable bonds is 4. The van der Waals surface area contributed by atoms with Gasteiger partial charge in [-0.3, -0.25) is 9.79 Å². The van der Waals surface area contributed by atoms with E-state index in [2.05, 4.69) is 4.99 Å². The average Bonchev–Trinajstić information content (AvgIpc) is 3.02. The Kier molecular flexibility index (Phi) is 5.04. The molecule has 5 nitrogen and oxygen atoms in total. The van der Waals surface area contributed by atoms with Crippen LogP contribution in [0, 0.1) is 5.92 Å². The summed E-state index contributed by atoms with van der Waals surface area (Å²) in [5.74, 6) is -0.235. The van der Waals surface area contributed by atoms with Crippen molar-refractivity contribution in [1.82, 2.24) is 4.90 Å². The molecule has 0 spiro atoms. The van der Waals surface area contributed by atoms with Crippen LogP contribution in [0.3, 0.4) is 0 Å². The maximum atomic E-state index is 12.2. The number of hydrogen-bond donors (Lipinski definition) is 0. The Bertz CT molecular complexity index is 697. The highest BCUT2D eigenvalue weighted by molar-refractivity contribution is 8.03. The normalized spacial score (nSPS) is 22.2. The van der Waals surface area contributed by atoms with Gasteiger partial charge in [0.2, 0.25) is 5.91 Å². The van der Waals surface area contributed by atoms with Crippen molar-refractivity contribution < 1.29 is 14.3 Å². The zero-order valence-corrected chi connectivity index (χ0v) is 14.6. The Balaban J connectivity index is 1.61. The molecule has 3 rings (SSSR count). The third-order valence-electron chi connectivity index (χ3n) is 4.15. The maximum Gasteiger partial charge on any atom is 0.352 e. The lowest BCUT2D eigenvalue weighted by atomic mass is 9.90. The van der Waals surface area contributed by atoms with E-state index in [0.717, 1.165) is 17.6 Å². The topological polar surface area (TPSA) is 59.0 Å². The van der Waals surface area contributed by atoms with Gasteiger partial charge in [-0.2, -0.15) is 0 Å². The number of nitrogens with zero attached hydrogens (tertiary/aromatic N) is 2. The van der Waals surface area contributed by atoms with Gasteiger partial charge >= 0.3 is 5.97 Å². The molecule has 1 aromatic carbocycles. The van der Waals surface area contributed by atoms with Gasteiger partial charge in [0.05, 0.1) is 0 Å². The van der Waals surface area contributed by atoms with Crippen molar-refractivity contribution in [2.24, 2.45) is 10.9 Å². The number of hydrogen-bond acceptors (Lipinski definition) is 5. The zero-order valence-electron chi connectivity index (χ0n) is 13.8. The molecule has 1 amide bonds. The van der Waals surface area contributed by atoms with E-state index in [4.69, 9.17) is 4.74 Å². The quantitative estimate of drug-likeness (QED) is 0.788. The van der Waals surface area contributed by atoms with Crippen molar-refractivity contribution in [2.75, 3.05) is 14.1 Å². The molecule has 0 N–H and O–H groups in total. The number of aliphatic imine (C=N–C) groups is 1. The van der Waals surface area contributed by atoms with Crippen LogP contribution in [0.1, 0.15) is 18.4 Å². The Morgan fingerprint density at radius 2 is 2.04 bits per heavy atom. The molecule has 2 heterocycles. The third kappa shape index (κ3) is 3.53. The minimum absolute atomic E-state index is 0.0281. The van der Waals surface area contributed by atoms with E-state index in [9.17, 15) is 9.59 Å². The van der Waals surface area contributed by atoms with E-state index in [0.29, 0.717) is 12.1 Å². The first-order chi connectivity index (χ1) is 11.6. The highest BCUT2D eigenvalue weighted by Crippen LogP contribution is 2.42. The molecule has 0 saturated carbocycles. The molecule has 126 valence electrons. The van der Waals surface area contributed by atoms with Crippen molar-refractivity contribution in [3.8, 4) is 0 Å². The number of ether oxygens (including phenoxy) is 1. The molecule has 1 aromatic rings. The molecule has 2 aliphatic heterocycles. The van der Waals surface area contributed by atoms with Crippen LogP contribution in [-0.2, 0) is 20.9 Å². The molecule has 0 saturated heterocycles. The third-order valence-corrected chi connectivity index (χ3v) is 5.26. The molecular weight excluding hydrogens is 324 g/mol. The fraction of sp³-hybridized carbons (Fsp3) is 0.389. The predicted molar refractivity (Wildman–Crippen MR) is 94.6 cm³/mol. The molecule has 2 atom stereocenters. The van der Waals surface area contributed by atoms with Crippen molar-refractivity contribution >= 4 is 29.4 Å². The summed E-state index contributed by atoms with van der Waals surface area (Å²) in [6, 6.07) is 9.59. The Morgan fingerprint density at radius 3 is 2.75 bits per heavy atom. The number of thioether (sulfide) groups is 1. The van der Waals surface area contributed by atoms with Gasteiger partial charge < -0.3 is 9.64 Å². The summed E-state index contributed by atoms with van der Waals surface area (Å²) in [5, 5.41) is 1.80. The number of amides is 1. The molecule has 0 aliphatic carbocycles. The average molecular weight is 344 g/mol. The molecule has 6 heteroatoms. The Labute approximate surface area is 145 Å². The first kappa shape index (κ1) is 16.8. The zero-order chi connectivity index (χ0) is 17.1. The second-order valence-corrected chi connectivity index (χ2v) is 7.07. The van der Waals surface area contributed by atoms with Gasteiger partial charge in [-0.05, 0) is 23.8 Å². The molecule has 24 heavy (non-hydrogen) atoms. The van der Waals surface area contributed by atoms with E-state index < -0.39 is 0 Å². The predicted octanol–water partition coefficient (Wildman–Crippen LogP) is 2.63. The Morgan fingerprint density at radius 1 is 1.29 bits per heavy atom. The van der Waals surface area contributed by atoms with Crippen LogP contribution in [0.5, 0.6) is 0 Å². The molecule has 2 aliphatic rings. The largest absolute Gasteiger partial charge is 0.456 e. The van der Waals surface area contributed by atoms with Crippen LogP contribution in [0.15, 0.2) is 46.3 Å². The minimum atomic E-state index is -0.356. The summed E-state index contributed by atoms with van der Waals surface area (Å²) < 4.78 is 5.36. The van der Waals surface area contributed by atoms with Crippen molar-refractivity contribution in [3.05, 3.63) is 46.9 Å². The number of likely N-dealkylation sites (N-methyl/N-ethyl adjacent to an activating group) is 1. The van der Waals surface area contributed by atoms with Gasteiger partial charge in [-0.1, -0.05) is 30.3 Å². The first-order valence-corrected chi connectivity index (χ1v) is 8.85. The van der Waals surface area contributed by atoms with E-state index in [1.807, 2.05) is 35.7 Å². The van der Waals surface area contributed by atoms with Crippen molar-refractivity contribution in [1.29, 1.82) is 0 Å². The van der Waals surface area contributed by atoms with Crippen molar-refractivity contribution in [3.63, 3.8) is 0 Å². The lowest BCUT2D eigenvalue weighted by Gasteiger charge is -2.25. The summed E-state index contributed by atoms with van der Waals surface area (Å²) in [4.78, 5) is 30.5. The van der Waals surface area contributed by atoms with E-state index in [-0.39, 0.29) is 29.8 Å². The van der Waals surface area contributed by atoms with E-state index in [1.54, 1.807) is 19.0 Å². The molecule has 0 bridgehead atoms. The van der Waals surface area contributed by atoms with E-state index in [1.165, 1.54) is 11.8 Å². The number of carbonyl (C=O) groups excluding carboxylic acids is 2. The van der Waals surface area contributed by atoms with Crippen LogP contribution in [0.4, 0.5) is 0 Å². The monoisotopic (exact) mass is 344 g/mol. The lowest BCUT2D eigenvalue weighted by Crippen LogP contribution is -2.32. The van der Waals surface area contributed by atoms with Crippen LogP contribution < -0.4 is 0 Å². The highest BCUT2D eigenvalue weighted by Gasteiger charge is 2.38. The fourth-order valence-electron chi connectivity index (χ4n) is 2.84. The number of esters is 1. The van der Waals surface area contributed by atoms with Gasteiger partial charge in [0.25, 0.3) is 0 Å². The molecule has 2 unspecified atom stereocenters. The van der Waals surface area contributed by atoms with Crippen LogP contribution in [0.2, 0.25) is 0 Å². The van der Waals surface area contributed by atoms with Crippen LogP contribution in [-0.4, -0.2) is 42.0 Å². The molecule has 0 fully saturated rings. The molecular formula is C18H20N2O3S. The van der Waals surface area contributed by atoms with E-state index >= 15 is 0 Å². The van der Waals surface area contributed by atoms with Gasteiger partial charge in [-0.25, -0.2) is 4.79 Å². The lowest BCUT2D eigenvalue weighted by molar-refractivity contribution is -0.137. The maximum absolute atomic E-state index is 12.2. The highest BCUT2D eigenvalue weighted by atomic mass is 32.2. The van der Waals surface area contributed by atoms with Crippen LogP contribution in [0.25, 0.3) is 0 Å². The van der Waals surface area contributed by atoms with Crippen LogP contribution >= 0.6 is 11.8 Å². The summed E-state index contributed by atoms with van der Waals surface area (Å²) in [6.07, 6.45) is 1.30. The SMILES string of the molecule is CN(C)C(=O)C1=CSC2N=C(C(=O)OCc3ccccc3)CCC12. The summed E-state index contributed by atoms with van der Waals surface area (Å²) in [6.45, 7) is 0.253. The van der Waals surface area contributed by atoms with Gasteiger partial charge in [0.15, 0.2) is 0 Å². The molecule has 0 radical (unpaired) electrons. The van der Waals surface area contributed by atoms with Crippen molar-refractivity contribution in [2.45, 2.75) is 24.8 Å². The van der Waals surface area contributed by atoms with Gasteiger partial charge in [-0.15, -0.1) is 11.8 Å². The molecule has 0 aromatic heterocycles. The fourth-order valence-corrected chi connectivity index (χ4v) is 4.06. The summed E-state index contributed by atoms with van der Waals surface area (Å²) in [7, 11) is 3.50. The Hall–Kier alpha value is -2.08. The number of benzene rings is 1. The van der Waals surface area contributed by atoms with Gasteiger partial charge in [0, 0.05) is 25.6 Å². The summed E-state index contributed by atoms with van der Waals surface area (Å²) >= 11 is 1.51. The standard InChI is InChI=1S/C18H20N2O3S/c1-20(2)17(21)14-11-24-16-13(14)8-9-15(19-16)18(22)23-10-12-6-4-3-5-7-12/h3-7,11,13,16H,8-10H2,1-2H3. The number of fused-ring (bicyclic) bond motifs is 1.